The third-order valence-electron chi connectivity index (χ3n) is 3.18. The quantitative estimate of drug-likeness (QED) is 0.804. The van der Waals surface area contributed by atoms with Crippen molar-refractivity contribution >= 4 is 12.0 Å². The molecule has 7 heteroatoms. The SMILES string of the molecule is CCC(NC(=O)OC)C(=O)N(Cc1ncc(C)[nH]1)CC(C)C. The second-order valence-electron chi connectivity index (χ2n) is 5.72. The topological polar surface area (TPSA) is 87.3 Å². The second-order valence-corrected chi connectivity index (χ2v) is 5.72. The molecule has 0 aliphatic rings. The van der Waals surface area contributed by atoms with Crippen LogP contribution in [0.15, 0.2) is 6.20 Å². The molecule has 124 valence electrons. The molecule has 0 aliphatic carbocycles. The number of rotatable bonds is 7. The molecular weight excluding hydrogens is 284 g/mol. The largest absolute Gasteiger partial charge is 0.453 e. The molecule has 1 unspecified atom stereocenters. The summed E-state index contributed by atoms with van der Waals surface area (Å²) in [5.74, 6) is 0.922. The lowest BCUT2D eigenvalue weighted by molar-refractivity contribution is -0.134. The lowest BCUT2D eigenvalue weighted by atomic mass is 10.1. The number of nitrogens with one attached hydrogen (secondary N) is 2. The minimum absolute atomic E-state index is 0.129. The van der Waals surface area contributed by atoms with Crippen LogP contribution in [0, 0.1) is 12.8 Å². The van der Waals surface area contributed by atoms with E-state index in [1.165, 1.54) is 7.11 Å². The Morgan fingerprint density at radius 3 is 2.59 bits per heavy atom. The molecule has 0 saturated carbocycles. The van der Waals surface area contributed by atoms with E-state index in [1.807, 2.05) is 27.7 Å². The summed E-state index contributed by atoms with van der Waals surface area (Å²) >= 11 is 0. The number of hydrogen-bond donors (Lipinski definition) is 2. The van der Waals surface area contributed by atoms with Crippen LogP contribution in [0.1, 0.15) is 38.7 Å². The van der Waals surface area contributed by atoms with E-state index in [0.717, 1.165) is 11.5 Å². The highest BCUT2D eigenvalue weighted by atomic mass is 16.5. The van der Waals surface area contributed by atoms with E-state index in [9.17, 15) is 9.59 Å². The second kappa shape index (κ2) is 8.41. The fraction of sp³-hybridized carbons (Fsp3) is 0.667. The van der Waals surface area contributed by atoms with E-state index < -0.39 is 12.1 Å². The number of H-pyrrole nitrogens is 1. The zero-order valence-electron chi connectivity index (χ0n) is 14.0. The lowest BCUT2D eigenvalue weighted by Gasteiger charge is -2.28. The van der Waals surface area contributed by atoms with Crippen molar-refractivity contribution in [3.63, 3.8) is 0 Å². The molecule has 1 atom stereocenters. The van der Waals surface area contributed by atoms with Gasteiger partial charge in [-0.05, 0) is 19.3 Å². The Morgan fingerprint density at radius 1 is 1.45 bits per heavy atom. The molecule has 0 aliphatic heterocycles. The number of aromatic nitrogens is 2. The van der Waals surface area contributed by atoms with Crippen LogP contribution < -0.4 is 5.32 Å². The monoisotopic (exact) mass is 310 g/mol. The van der Waals surface area contributed by atoms with Gasteiger partial charge in [-0.25, -0.2) is 9.78 Å². The van der Waals surface area contributed by atoms with Crippen molar-refractivity contribution < 1.29 is 14.3 Å². The van der Waals surface area contributed by atoms with Gasteiger partial charge in [0.1, 0.15) is 11.9 Å². The minimum Gasteiger partial charge on any atom is -0.453 e. The molecule has 0 bridgehead atoms. The van der Waals surface area contributed by atoms with Crippen molar-refractivity contribution in [3.05, 3.63) is 17.7 Å². The maximum Gasteiger partial charge on any atom is 0.407 e. The molecule has 0 fully saturated rings. The summed E-state index contributed by atoms with van der Waals surface area (Å²) in [5, 5.41) is 2.58. The van der Waals surface area contributed by atoms with Crippen molar-refractivity contribution in [1.82, 2.24) is 20.2 Å². The van der Waals surface area contributed by atoms with Crippen LogP contribution in [0.4, 0.5) is 4.79 Å². The first-order valence-corrected chi connectivity index (χ1v) is 7.51. The van der Waals surface area contributed by atoms with Crippen LogP contribution in [0.3, 0.4) is 0 Å². The summed E-state index contributed by atoms with van der Waals surface area (Å²) in [6.07, 6.45) is 1.63. The molecule has 1 heterocycles. The molecular formula is C15H26N4O3. The number of hydrogen-bond acceptors (Lipinski definition) is 4. The Labute approximate surface area is 131 Å². The van der Waals surface area contributed by atoms with Gasteiger partial charge in [-0.15, -0.1) is 0 Å². The van der Waals surface area contributed by atoms with Crippen LogP contribution in [-0.2, 0) is 16.1 Å². The third-order valence-corrected chi connectivity index (χ3v) is 3.18. The molecule has 0 saturated heterocycles. The van der Waals surface area contributed by atoms with Gasteiger partial charge >= 0.3 is 6.09 Å². The summed E-state index contributed by atoms with van der Waals surface area (Å²) in [5.41, 5.74) is 0.951. The highest BCUT2D eigenvalue weighted by molar-refractivity contribution is 5.85. The molecule has 0 aromatic carbocycles. The van der Waals surface area contributed by atoms with E-state index in [-0.39, 0.29) is 5.91 Å². The zero-order valence-corrected chi connectivity index (χ0v) is 14.0. The van der Waals surface area contributed by atoms with E-state index >= 15 is 0 Å². The average molecular weight is 310 g/mol. The molecule has 2 amide bonds. The minimum atomic E-state index is -0.599. The van der Waals surface area contributed by atoms with Gasteiger partial charge in [0.05, 0.1) is 13.7 Å². The Balaban J connectivity index is 2.84. The summed E-state index contributed by atoms with van der Waals surface area (Å²) in [6.45, 7) is 8.84. The first-order valence-electron chi connectivity index (χ1n) is 7.51. The number of carbonyl (C=O) groups excluding carboxylic acids is 2. The molecule has 2 N–H and O–H groups in total. The fourth-order valence-electron chi connectivity index (χ4n) is 2.16. The fourth-order valence-corrected chi connectivity index (χ4v) is 2.16. The third kappa shape index (κ3) is 5.38. The predicted molar refractivity (Wildman–Crippen MR) is 83.2 cm³/mol. The highest BCUT2D eigenvalue weighted by Crippen LogP contribution is 2.09. The van der Waals surface area contributed by atoms with Gasteiger partial charge in [0.2, 0.25) is 5.91 Å². The van der Waals surface area contributed by atoms with Gasteiger partial charge in [0.25, 0.3) is 0 Å². The van der Waals surface area contributed by atoms with Gasteiger partial charge in [-0.2, -0.15) is 0 Å². The normalized spacial score (nSPS) is 12.1. The molecule has 1 aromatic heterocycles. The van der Waals surface area contributed by atoms with Gasteiger partial charge in [-0.3, -0.25) is 4.79 Å². The van der Waals surface area contributed by atoms with Crippen LogP contribution in [-0.4, -0.2) is 46.6 Å². The maximum absolute atomic E-state index is 12.7. The summed E-state index contributed by atoms with van der Waals surface area (Å²) < 4.78 is 4.58. The Bertz CT molecular complexity index is 499. The van der Waals surface area contributed by atoms with Crippen molar-refractivity contribution in [2.24, 2.45) is 5.92 Å². The van der Waals surface area contributed by atoms with Gasteiger partial charge < -0.3 is 19.9 Å². The summed E-state index contributed by atoms with van der Waals surface area (Å²) in [6, 6.07) is -0.595. The van der Waals surface area contributed by atoms with Crippen molar-refractivity contribution in [2.75, 3.05) is 13.7 Å². The van der Waals surface area contributed by atoms with Crippen molar-refractivity contribution in [1.29, 1.82) is 0 Å². The average Bonchev–Trinajstić information content (AvgIpc) is 2.87. The molecule has 22 heavy (non-hydrogen) atoms. The number of amides is 2. The number of methoxy groups -OCH3 is 1. The number of alkyl carbamates (subject to hydrolysis) is 1. The van der Waals surface area contributed by atoms with Gasteiger partial charge in [0, 0.05) is 18.4 Å². The number of imidazole rings is 1. The van der Waals surface area contributed by atoms with Crippen molar-refractivity contribution in [3.8, 4) is 0 Å². The van der Waals surface area contributed by atoms with E-state index in [4.69, 9.17) is 0 Å². The van der Waals surface area contributed by atoms with E-state index in [2.05, 4.69) is 20.0 Å². The van der Waals surface area contributed by atoms with Crippen LogP contribution >= 0.6 is 0 Å². The number of aryl methyl sites for hydroxylation is 1. The predicted octanol–water partition coefficient (Wildman–Crippen LogP) is 1.84. The van der Waals surface area contributed by atoms with Crippen LogP contribution in [0.25, 0.3) is 0 Å². The molecule has 7 nitrogen and oxygen atoms in total. The molecule has 0 spiro atoms. The van der Waals surface area contributed by atoms with E-state index in [1.54, 1.807) is 11.1 Å². The molecule has 1 rings (SSSR count). The summed E-state index contributed by atoms with van der Waals surface area (Å²) in [4.78, 5) is 33.1. The lowest BCUT2D eigenvalue weighted by Crippen LogP contribution is -2.49. The van der Waals surface area contributed by atoms with Crippen molar-refractivity contribution in [2.45, 2.75) is 46.7 Å². The number of nitrogens with zero attached hydrogens (tertiary/aromatic N) is 2. The molecule has 1 aromatic rings. The van der Waals surface area contributed by atoms with Crippen LogP contribution in [0.2, 0.25) is 0 Å². The number of aromatic amines is 1. The highest BCUT2D eigenvalue weighted by Gasteiger charge is 2.26. The molecule has 0 radical (unpaired) electrons. The zero-order chi connectivity index (χ0) is 16.7. The number of carbonyl (C=O) groups is 2. The number of ether oxygens (including phenoxy) is 1. The summed E-state index contributed by atoms with van der Waals surface area (Å²) in [7, 11) is 1.28. The Morgan fingerprint density at radius 2 is 2.14 bits per heavy atom. The standard InChI is InChI=1S/C15H26N4O3/c1-6-12(18-15(21)22-5)14(20)19(8-10(2)3)9-13-16-7-11(4)17-13/h7,10,12H,6,8-9H2,1-5H3,(H,16,17)(H,18,21). The Hall–Kier alpha value is -2.05. The first-order chi connectivity index (χ1) is 10.4. The van der Waals surface area contributed by atoms with Crippen LogP contribution in [0.5, 0.6) is 0 Å². The smallest absolute Gasteiger partial charge is 0.407 e. The first kappa shape index (κ1) is 18.0. The van der Waals surface area contributed by atoms with Gasteiger partial charge in [0.15, 0.2) is 0 Å². The van der Waals surface area contributed by atoms with E-state index in [0.29, 0.717) is 25.4 Å². The maximum atomic E-state index is 12.7. The Kier molecular flexibility index (Phi) is 6.88. The van der Waals surface area contributed by atoms with Gasteiger partial charge in [-0.1, -0.05) is 20.8 Å².